The third kappa shape index (κ3) is 4.99. The second kappa shape index (κ2) is 8.41. The van der Waals surface area contributed by atoms with Crippen molar-refractivity contribution < 1.29 is 22.7 Å². The lowest BCUT2D eigenvalue weighted by molar-refractivity contribution is -0.131. The maximum atomic E-state index is 12.7. The summed E-state index contributed by atoms with van der Waals surface area (Å²) in [6.45, 7) is 1.87. The summed E-state index contributed by atoms with van der Waals surface area (Å²) in [5.74, 6) is 1.14. The number of ether oxygens (including phenoxy) is 2. The third-order valence-electron chi connectivity index (χ3n) is 4.50. The molecule has 27 heavy (non-hydrogen) atoms. The van der Waals surface area contributed by atoms with Crippen molar-refractivity contribution in [2.45, 2.75) is 24.3 Å². The minimum absolute atomic E-state index is 0.0374. The minimum Gasteiger partial charge on any atom is -0.497 e. The number of carbonyl (C=O) groups is 1. The summed E-state index contributed by atoms with van der Waals surface area (Å²) >= 11 is 0. The SMILES string of the molecule is COc1ccc(CC(=O)N(C)C(C)c2ccc(S(N)(=O)=O)cc2)c(OC)c1. The highest BCUT2D eigenvalue weighted by Gasteiger charge is 2.20. The maximum absolute atomic E-state index is 12.7. The Hall–Kier alpha value is -2.58. The fraction of sp³-hybridized carbons (Fsp3) is 0.316. The number of benzene rings is 2. The van der Waals surface area contributed by atoms with E-state index in [9.17, 15) is 13.2 Å². The number of likely N-dealkylation sites (N-methyl/N-ethyl adjacent to an activating group) is 1. The quantitative estimate of drug-likeness (QED) is 0.778. The Morgan fingerprint density at radius 2 is 1.74 bits per heavy atom. The maximum Gasteiger partial charge on any atom is 0.238 e. The van der Waals surface area contributed by atoms with Gasteiger partial charge in [-0.15, -0.1) is 0 Å². The number of nitrogens with two attached hydrogens (primary N) is 1. The smallest absolute Gasteiger partial charge is 0.238 e. The van der Waals surface area contributed by atoms with Gasteiger partial charge in [-0.3, -0.25) is 4.79 Å². The topological polar surface area (TPSA) is 98.9 Å². The zero-order valence-electron chi connectivity index (χ0n) is 15.8. The normalized spacial score (nSPS) is 12.3. The van der Waals surface area contributed by atoms with Crippen LogP contribution in [0.25, 0.3) is 0 Å². The van der Waals surface area contributed by atoms with Gasteiger partial charge in [-0.1, -0.05) is 18.2 Å². The van der Waals surface area contributed by atoms with E-state index in [1.807, 2.05) is 6.92 Å². The molecule has 1 unspecified atom stereocenters. The summed E-state index contributed by atoms with van der Waals surface area (Å²) in [6.07, 6.45) is 0.170. The van der Waals surface area contributed by atoms with Gasteiger partial charge in [-0.05, 0) is 30.7 Å². The van der Waals surface area contributed by atoms with Gasteiger partial charge in [0.15, 0.2) is 0 Å². The summed E-state index contributed by atoms with van der Waals surface area (Å²) < 4.78 is 33.2. The Balaban J connectivity index is 2.15. The molecule has 0 heterocycles. The van der Waals surface area contributed by atoms with Crippen LogP contribution in [0.1, 0.15) is 24.1 Å². The lowest BCUT2D eigenvalue weighted by Crippen LogP contribution is -2.31. The largest absolute Gasteiger partial charge is 0.497 e. The van der Waals surface area contributed by atoms with Crippen molar-refractivity contribution in [2.24, 2.45) is 5.14 Å². The predicted octanol–water partition coefficient (Wildman–Crippen LogP) is 2.11. The van der Waals surface area contributed by atoms with Crippen molar-refractivity contribution in [3.63, 3.8) is 0 Å². The molecule has 0 aliphatic rings. The lowest BCUT2D eigenvalue weighted by atomic mass is 10.1. The average Bonchev–Trinajstić information content (AvgIpc) is 2.66. The molecular weight excluding hydrogens is 368 g/mol. The van der Waals surface area contributed by atoms with Gasteiger partial charge in [0.1, 0.15) is 11.5 Å². The standard InChI is InChI=1S/C19H24N2O5S/c1-13(14-6-9-17(10-7-14)27(20,23)24)21(2)19(22)11-15-5-8-16(25-3)12-18(15)26-4/h5-10,12-13H,11H2,1-4H3,(H2,20,23,24). The van der Waals surface area contributed by atoms with Crippen LogP contribution in [0.15, 0.2) is 47.4 Å². The summed E-state index contributed by atoms with van der Waals surface area (Å²) in [4.78, 5) is 14.3. The van der Waals surface area contributed by atoms with E-state index in [-0.39, 0.29) is 23.3 Å². The van der Waals surface area contributed by atoms with Crippen molar-refractivity contribution in [3.8, 4) is 11.5 Å². The number of sulfonamides is 1. The van der Waals surface area contributed by atoms with Crippen LogP contribution < -0.4 is 14.6 Å². The van der Waals surface area contributed by atoms with E-state index in [1.54, 1.807) is 56.5 Å². The number of primary sulfonamides is 1. The van der Waals surface area contributed by atoms with Gasteiger partial charge in [-0.25, -0.2) is 13.6 Å². The molecule has 0 aliphatic heterocycles. The fourth-order valence-electron chi connectivity index (χ4n) is 2.66. The van der Waals surface area contributed by atoms with Crippen molar-refractivity contribution in [1.29, 1.82) is 0 Å². The van der Waals surface area contributed by atoms with E-state index in [1.165, 1.54) is 12.1 Å². The van der Waals surface area contributed by atoms with Gasteiger partial charge in [-0.2, -0.15) is 0 Å². The van der Waals surface area contributed by atoms with Crippen LogP contribution in [0.2, 0.25) is 0 Å². The summed E-state index contributed by atoms with van der Waals surface area (Å²) in [5.41, 5.74) is 1.56. The highest BCUT2D eigenvalue weighted by Crippen LogP contribution is 2.27. The summed E-state index contributed by atoms with van der Waals surface area (Å²) in [6, 6.07) is 11.3. The van der Waals surface area contributed by atoms with Crippen molar-refractivity contribution in [2.75, 3.05) is 21.3 Å². The summed E-state index contributed by atoms with van der Waals surface area (Å²) in [7, 11) is 1.07. The second-order valence-corrected chi connectivity index (χ2v) is 7.71. The van der Waals surface area contributed by atoms with E-state index >= 15 is 0 Å². The zero-order chi connectivity index (χ0) is 20.2. The predicted molar refractivity (Wildman–Crippen MR) is 102 cm³/mol. The number of nitrogens with zero attached hydrogens (tertiary/aromatic N) is 1. The van der Waals surface area contributed by atoms with Crippen molar-refractivity contribution in [1.82, 2.24) is 4.90 Å². The third-order valence-corrected chi connectivity index (χ3v) is 5.43. The first-order valence-electron chi connectivity index (χ1n) is 8.26. The Labute approximate surface area is 159 Å². The molecule has 0 radical (unpaired) electrons. The van der Waals surface area contributed by atoms with E-state index in [0.717, 1.165) is 11.1 Å². The van der Waals surface area contributed by atoms with Crippen LogP contribution in [0, 0.1) is 0 Å². The first-order valence-corrected chi connectivity index (χ1v) is 9.81. The molecule has 8 heteroatoms. The molecule has 0 bridgehead atoms. The number of amides is 1. The Bertz CT molecular complexity index is 910. The molecule has 2 aromatic carbocycles. The van der Waals surface area contributed by atoms with Crippen LogP contribution in [0.3, 0.4) is 0 Å². The molecule has 2 rings (SSSR count). The first kappa shape index (κ1) is 20.7. The molecule has 0 aliphatic carbocycles. The second-order valence-electron chi connectivity index (χ2n) is 6.15. The number of hydrogen-bond acceptors (Lipinski definition) is 5. The van der Waals surface area contributed by atoms with Crippen LogP contribution in [-0.4, -0.2) is 40.5 Å². The molecule has 0 saturated carbocycles. The monoisotopic (exact) mass is 392 g/mol. The van der Waals surface area contributed by atoms with Crippen LogP contribution in [0.4, 0.5) is 0 Å². The van der Waals surface area contributed by atoms with Gasteiger partial charge in [0.25, 0.3) is 0 Å². The van der Waals surface area contributed by atoms with Crippen LogP contribution in [-0.2, 0) is 21.2 Å². The number of carbonyl (C=O) groups excluding carboxylic acids is 1. The molecule has 1 amide bonds. The van der Waals surface area contributed by atoms with Gasteiger partial charge in [0, 0.05) is 18.7 Å². The molecule has 7 nitrogen and oxygen atoms in total. The van der Waals surface area contributed by atoms with Gasteiger partial charge in [0.2, 0.25) is 15.9 Å². The Morgan fingerprint density at radius 3 is 2.26 bits per heavy atom. The van der Waals surface area contributed by atoms with Gasteiger partial charge >= 0.3 is 0 Å². The Morgan fingerprint density at radius 1 is 1.11 bits per heavy atom. The van der Waals surface area contributed by atoms with Gasteiger partial charge < -0.3 is 14.4 Å². The van der Waals surface area contributed by atoms with E-state index in [0.29, 0.717) is 11.5 Å². The number of rotatable bonds is 7. The van der Waals surface area contributed by atoms with E-state index in [2.05, 4.69) is 0 Å². The fourth-order valence-corrected chi connectivity index (χ4v) is 3.18. The van der Waals surface area contributed by atoms with Gasteiger partial charge in [0.05, 0.1) is 31.6 Å². The molecule has 2 aromatic rings. The van der Waals surface area contributed by atoms with Crippen molar-refractivity contribution in [3.05, 3.63) is 53.6 Å². The molecule has 0 spiro atoms. The summed E-state index contributed by atoms with van der Waals surface area (Å²) in [5, 5.41) is 5.11. The molecule has 1 atom stereocenters. The molecule has 2 N–H and O–H groups in total. The first-order chi connectivity index (χ1) is 12.7. The lowest BCUT2D eigenvalue weighted by Gasteiger charge is -2.26. The minimum atomic E-state index is -3.74. The van der Waals surface area contributed by atoms with Crippen LogP contribution in [0.5, 0.6) is 11.5 Å². The molecule has 0 saturated heterocycles. The highest BCUT2D eigenvalue weighted by molar-refractivity contribution is 7.89. The Kier molecular flexibility index (Phi) is 6.45. The number of hydrogen-bond donors (Lipinski definition) is 1. The zero-order valence-corrected chi connectivity index (χ0v) is 16.6. The van der Waals surface area contributed by atoms with E-state index < -0.39 is 10.0 Å². The van der Waals surface area contributed by atoms with Crippen LogP contribution >= 0.6 is 0 Å². The average molecular weight is 392 g/mol. The van der Waals surface area contributed by atoms with Crippen molar-refractivity contribution >= 4 is 15.9 Å². The highest BCUT2D eigenvalue weighted by atomic mass is 32.2. The van der Waals surface area contributed by atoms with E-state index in [4.69, 9.17) is 14.6 Å². The molecule has 0 fully saturated rings. The molecule has 0 aromatic heterocycles. The number of methoxy groups -OCH3 is 2. The molecular formula is C19H24N2O5S. The molecule has 146 valence electrons.